The number of hydrogen-bond acceptors (Lipinski definition) is 8. The van der Waals surface area contributed by atoms with Crippen LogP contribution in [0.5, 0.6) is 0 Å². The molecule has 1 aliphatic heterocycles. The Bertz CT molecular complexity index is 516. The fourth-order valence-corrected chi connectivity index (χ4v) is 2.45. The van der Waals surface area contributed by atoms with Crippen molar-refractivity contribution in [2.75, 3.05) is 6.61 Å². The average Bonchev–Trinajstić information content (AvgIpc) is 2.62. The third-order valence-corrected chi connectivity index (χ3v) is 3.86. The van der Waals surface area contributed by atoms with Crippen LogP contribution in [0.1, 0.15) is 52.9 Å². The topological polar surface area (TPSA) is 125 Å². The number of esters is 3. The fourth-order valence-electron chi connectivity index (χ4n) is 2.45. The number of carboxylic acid groups (broad SMARTS) is 1. The third-order valence-electron chi connectivity index (χ3n) is 3.86. The number of hydrogen-bond donors (Lipinski definition) is 1. The summed E-state index contributed by atoms with van der Waals surface area (Å²) in [5, 5.41) is 8.89. The molecule has 0 aromatic heterocycles. The van der Waals surface area contributed by atoms with Crippen LogP contribution in [0.25, 0.3) is 0 Å². The molecule has 0 aromatic rings. The Hall–Kier alpha value is -2.16. The van der Waals surface area contributed by atoms with Gasteiger partial charge in [0.2, 0.25) is 0 Å². The number of carbonyl (C=O) groups excluding carboxylic acids is 3. The van der Waals surface area contributed by atoms with E-state index in [1.807, 2.05) is 0 Å². The van der Waals surface area contributed by atoms with Gasteiger partial charge in [-0.15, -0.1) is 0 Å². The third kappa shape index (κ3) is 6.62. The summed E-state index contributed by atoms with van der Waals surface area (Å²) >= 11 is 0. The number of ether oxygens (including phenoxy) is 4. The molecule has 4 atom stereocenters. The van der Waals surface area contributed by atoms with E-state index < -0.39 is 48.3 Å². The Kier molecular flexibility index (Phi) is 9.04. The fraction of sp³-hybridized carbons (Fsp3) is 0.765. The van der Waals surface area contributed by atoms with E-state index in [4.69, 9.17) is 24.1 Å². The van der Waals surface area contributed by atoms with Crippen molar-refractivity contribution < 1.29 is 43.2 Å². The van der Waals surface area contributed by atoms with Gasteiger partial charge in [0.05, 0.1) is 12.7 Å². The highest BCUT2D eigenvalue weighted by molar-refractivity contribution is 5.71. The molecule has 0 bridgehead atoms. The van der Waals surface area contributed by atoms with Crippen LogP contribution in [0.3, 0.4) is 0 Å². The molecule has 1 saturated heterocycles. The van der Waals surface area contributed by atoms with Gasteiger partial charge in [0.15, 0.2) is 18.3 Å². The summed E-state index contributed by atoms with van der Waals surface area (Å²) in [5.74, 6) is -2.65. The van der Waals surface area contributed by atoms with Crippen LogP contribution in [-0.4, -0.2) is 60.0 Å². The molecular formula is C17H26O9. The maximum atomic E-state index is 11.8. The maximum Gasteiger partial charge on any atom is 0.306 e. The SMILES string of the molecule is CCC(=O)O[C@@H]1[C@H](OC(=O)CC)C(CCC(=O)O)OC[C@H]1OC(=O)CC. The van der Waals surface area contributed by atoms with Crippen molar-refractivity contribution in [2.45, 2.75) is 77.3 Å². The molecule has 0 radical (unpaired) electrons. The second kappa shape index (κ2) is 10.7. The van der Waals surface area contributed by atoms with Gasteiger partial charge in [0, 0.05) is 25.7 Å². The van der Waals surface area contributed by atoms with E-state index in [1.165, 1.54) is 0 Å². The molecular weight excluding hydrogens is 348 g/mol. The lowest BCUT2D eigenvalue weighted by molar-refractivity contribution is -0.228. The molecule has 1 fully saturated rings. The van der Waals surface area contributed by atoms with Crippen LogP contribution in [0, 0.1) is 0 Å². The van der Waals surface area contributed by atoms with Crippen molar-refractivity contribution in [3.05, 3.63) is 0 Å². The summed E-state index contributed by atoms with van der Waals surface area (Å²) < 4.78 is 21.6. The quantitative estimate of drug-likeness (QED) is 0.468. The lowest BCUT2D eigenvalue weighted by atomic mass is 9.96. The van der Waals surface area contributed by atoms with Crippen molar-refractivity contribution in [3.8, 4) is 0 Å². The molecule has 1 aliphatic rings. The lowest BCUT2D eigenvalue weighted by Crippen LogP contribution is -2.57. The highest BCUT2D eigenvalue weighted by Gasteiger charge is 2.47. The molecule has 0 amide bonds. The second-order valence-corrected chi connectivity index (χ2v) is 5.80. The number of rotatable bonds is 9. The first-order valence-electron chi connectivity index (χ1n) is 8.74. The summed E-state index contributed by atoms with van der Waals surface area (Å²) in [6.45, 7) is 4.73. The van der Waals surface area contributed by atoms with E-state index in [-0.39, 0.29) is 38.7 Å². The van der Waals surface area contributed by atoms with Crippen molar-refractivity contribution in [1.29, 1.82) is 0 Å². The molecule has 0 aromatic carbocycles. The summed E-state index contributed by atoms with van der Waals surface area (Å²) in [6.07, 6.45) is -3.70. The first kappa shape index (κ1) is 21.9. The standard InChI is InChI=1S/C17H26O9/c1-4-13(20)24-11-9-23-10(7-8-12(18)19)16(25-14(21)5-2)17(11)26-15(22)6-3/h10-11,16-17H,4-9H2,1-3H3,(H,18,19)/t10?,11-,16-,17+/m1/s1. The minimum absolute atomic E-state index is 0.0611. The van der Waals surface area contributed by atoms with Gasteiger partial charge in [-0.1, -0.05) is 20.8 Å². The summed E-state index contributed by atoms with van der Waals surface area (Å²) in [6, 6.07) is 0. The highest BCUT2D eigenvalue weighted by Crippen LogP contribution is 2.27. The van der Waals surface area contributed by atoms with Crippen LogP contribution in [-0.2, 0) is 38.1 Å². The molecule has 1 N–H and O–H groups in total. The minimum atomic E-state index is -1.05. The van der Waals surface area contributed by atoms with E-state index >= 15 is 0 Å². The van der Waals surface area contributed by atoms with Gasteiger partial charge in [0.1, 0.15) is 0 Å². The van der Waals surface area contributed by atoms with Crippen LogP contribution in [0.4, 0.5) is 0 Å². The minimum Gasteiger partial charge on any atom is -0.481 e. The summed E-state index contributed by atoms with van der Waals surface area (Å²) in [4.78, 5) is 46.1. The number of aliphatic carboxylic acids is 1. The Labute approximate surface area is 151 Å². The first-order valence-corrected chi connectivity index (χ1v) is 8.74. The normalized spacial score (nSPS) is 25.2. The van der Waals surface area contributed by atoms with Gasteiger partial charge in [-0.05, 0) is 6.42 Å². The Morgan fingerprint density at radius 3 is 1.88 bits per heavy atom. The van der Waals surface area contributed by atoms with Crippen LogP contribution >= 0.6 is 0 Å². The molecule has 0 aliphatic carbocycles. The van der Waals surface area contributed by atoms with Crippen LogP contribution in [0.2, 0.25) is 0 Å². The molecule has 0 saturated carbocycles. The largest absolute Gasteiger partial charge is 0.481 e. The van der Waals surface area contributed by atoms with Gasteiger partial charge in [-0.3, -0.25) is 19.2 Å². The van der Waals surface area contributed by atoms with E-state index in [9.17, 15) is 19.2 Å². The van der Waals surface area contributed by atoms with Gasteiger partial charge in [-0.25, -0.2) is 0 Å². The van der Waals surface area contributed by atoms with Crippen LogP contribution in [0.15, 0.2) is 0 Å². The maximum absolute atomic E-state index is 11.8. The molecule has 148 valence electrons. The lowest BCUT2D eigenvalue weighted by Gasteiger charge is -2.40. The average molecular weight is 374 g/mol. The second-order valence-electron chi connectivity index (χ2n) is 5.80. The zero-order chi connectivity index (χ0) is 19.7. The first-order chi connectivity index (χ1) is 12.3. The van der Waals surface area contributed by atoms with E-state index in [0.717, 1.165) is 0 Å². The number of carbonyl (C=O) groups is 4. The highest BCUT2D eigenvalue weighted by atomic mass is 16.6. The smallest absolute Gasteiger partial charge is 0.306 e. The van der Waals surface area contributed by atoms with Crippen molar-refractivity contribution >= 4 is 23.9 Å². The van der Waals surface area contributed by atoms with E-state index in [0.29, 0.717) is 0 Å². The monoisotopic (exact) mass is 374 g/mol. The van der Waals surface area contributed by atoms with Gasteiger partial charge in [-0.2, -0.15) is 0 Å². The summed E-state index contributed by atoms with van der Waals surface area (Å²) in [5.41, 5.74) is 0. The Morgan fingerprint density at radius 1 is 0.885 bits per heavy atom. The molecule has 9 nitrogen and oxygen atoms in total. The zero-order valence-corrected chi connectivity index (χ0v) is 15.3. The molecule has 1 unspecified atom stereocenters. The predicted octanol–water partition coefficient (Wildman–Crippen LogP) is 1.22. The molecule has 26 heavy (non-hydrogen) atoms. The molecule has 9 heteroatoms. The summed E-state index contributed by atoms with van der Waals surface area (Å²) in [7, 11) is 0. The molecule has 1 heterocycles. The number of carboxylic acids is 1. The predicted molar refractivity (Wildman–Crippen MR) is 87.1 cm³/mol. The van der Waals surface area contributed by atoms with Crippen molar-refractivity contribution in [2.24, 2.45) is 0 Å². The van der Waals surface area contributed by atoms with Gasteiger partial charge < -0.3 is 24.1 Å². The van der Waals surface area contributed by atoms with Gasteiger partial charge in [0.25, 0.3) is 0 Å². The van der Waals surface area contributed by atoms with Crippen molar-refractivity contribution in [1.82, 2.24) is 0 Å². The molecule has 1 rings (SSSR count). The van der Waals surface area contributed by atoms with Crippen molar-refractivity contribution in [3.63, 3.8) is 0 Å². The Balaban J connectivity index is 3.06. The van der Waals surface area contributed by atoms with Gasteiger partial charge >= 0.3 is 23.9 Å². The zero-order valence-electron chi connectivity index (χ0n) is 15.3. The van der Waals surface area contributed by atoms with E-state index in [1.54, 1.807) is 20.8 Å². The van der Waals surface area contributed by atoms with Crippen LogP contribution < -0.4 is 0 Å². The van der Waals surface area contributed by atoms with E-state index in [2.05, 4.69) is 0 Å². The Morgan fingerprint density at radius 2 is 1.38 bits per heavy atom. The molecule has 0 spiro atoms.